The van der Waals surface area contributed by atoms with Gasteiger partial charge in [-0.15, -0.1) is 0 Å². The van der Waals surface area contributed by atoms with Crippen LogP contribution in [0.3, 0.4) is 0 Å². The van der Waals surface area contributed by atoms with Crippen LogP contribution in [-0.2, 0) is 10.0 Å². The molecule has 0 aliphatic carbocycles. The molecule has 96 valence electrons. The number of nitrogens with zero attached hydrogens (tertiary/aromatic N) is 1. The summed E-state index contributed by atoms with van der Waals surface area (Å²) in [5.74, 6) is 0. The van der Waals surface area contributed by atoms with E-state index in [1.807, 2.05) is 0 Å². The van der Waals surface area contributed by atoms with E-state index in [1.54, 1.807) is 0 Å². The van der Waals surface area contributed by atoms with Gasteiger partial charge in [0.05, 0.1) is 6.26 Å². The van der Waals surface area contributed by atoms with Gasteiger partial charge in [0, 0.05) is 6.54 Å². The van der Waals surface area contributed by atoms with Crippen LogP contribution in [0.5, 0.6) is 0 Å². The number of hydrogen-bond donors (Lipinski definition) is 1. The molecular formula is C11H24N2O2S. The third-order valence-corrected chi connectivity index (χ3v) is 3.69. The van der Waals surface area contributed by atoms with Crippen molar-refractivity contribution < 1.29 is 8.42 Å². The normalized spacial score (nSPS) is 18.8. The lowest BCUT2D eigenvalue weighted by atomic mass is 10.1. The van der Waals surface area contributed by atoms with Crippen molar-refractivity contribution in [1.82, 2.24) is 9.62 Å². The van der Waals surface area contributed by atoms with Crippen LogP contribution in [0.2, 0.25) is 0 Å². The summed E-state index contributed by atoms with van der Waals surface area (Å²) in [4.78, 5) is 2.52. The predicted octanol–water partition coefficient (Wildman–Crippen LogP) is 1.19. The Morgan fingerprint density at radius 2 is 1.75 bits per heavy atom. The molecule has 0 saturated carbocycles. The number of sulfonamides is 1. The summed E-state index contributed by atoms with van der Waals surface area (Å²) in [5, 5.41) is 0. The monoisotopic (exact) mass is 248 g/mol. The van der Waals surface area contributed by atoms with Crippen LogP contribution in [0.1, 0.15) is 38.5 Å². The quantitative estimate of drug-likeness (QED) is 0.689. The van der Waals surface area contributed by atoms with Gasteiger partial charge >= 0.3 is 0 Å². The maximum Gasteiger partial charge on any atom is 0.208 e. The SMILES string of the molecule is CS(=O)(=O)NCCCCCN1CCCCC1. The van der Waals surface area contributed by atoms with Crippen LogP contribution >= 0.6 is 0 Å². The molecule has 5 heteroatoms. The molecule has 1 fully saturated rings. The molecule has 1 aliphatic rings. The third kappa shape index (κ3) is 7.19. The standard InChI is InChI=1S/C11H24N2O2S/c1-16(14,15)12-8-4-2-5-9-13-10-6-3-7-11-13/h12H,2-11H2,1H3. The Balaban J connectivity index is 1.91. The molecule has 0 amide bonds. The highest BCUT2D eigenvalue weighted by molar-refractivity contribution is 7.88. The molecule has 0 spiro atoms. The van der Waals surface area contributed by atoms with E-state index in [0.717, 1.165) is 12.8 Å². The van der Waals surface area contributed by atoms with Crippen LogP contribution in [-0.4, -0.2) is 45.8 Å². The zero-order valence-electron chi connectivity index (χ0n) is 10.2. The fourth-order valence-corrected chi connectivity index (χ4v) is 2.59. The molecule has 1 aliphatic heterocycles. The first-order chi connectivity index (χ1) is 7.58. The summed E-state index contributed by atoms with van der Waals surface area (Å²) in [6.07, 6.45) is 8.52. The van der Waals surface area contributed by atoms with E-state index in [-0.39, 0.29) is 0 Å². The van der Waals surface area contributed by atoms with Crippen LogP contribution in [0.4, 0.5) is 0 Å². The maximum absolute atomic E-state index is 10.8. The fraction of sp³-hybridized carbons (Fsp3) is 1.00. The molecule has 0 aromatic heterocycles. The number of unbranched alkanes of at least 4 members (excludes halogenated alkanes) is 2. The molecule has 0 aromatic carbocycles. The molecule has 1 saturated heterocycles. The van der Waals surface area contributed by atoms with Gasteiger partial charge in [0.1, 0.15) is 0 Å². The Hall–Kier alpha value is -0.130. The van der Waals surface area contributed by atoms with Gasteiger partial charge < -0.3 is 4.90 Å². The molecule has 1 N–H and O–H groups in total. The molecule has 0 atom stereocenters. The van der Waals surface area contributed by atoms with Crippen molar-refractivity contribution in [3.05, 3.63) is 0 Å². The molecule has 16 heavy (non-hydrogen) atoms. The first-order valence-electron chi connectivity index (χ1n) is 6.25. The second kappa shape index (κ2) is 7.25. The van der Waals surface area contributed by atoms with E-state index in [9.17, 15) is 8.42 Å². The van der Waals surface area contributed by atoms with E-state index in [2.05, 4.69) is 9.62 Å². The van der Waals surface area contributed by atoms with Crippen molar-refractivity contribution in [2.75, 3.05) is 32.4 Å². The molecule has 1 rings (SSSR count). The van der Waals surface area contributed by atoms with Crippen molar-refractivity contribution in [2.24, 2.45) is 0 Å². The van der Waals surface area contributed by atoms with Gasteiger partial charge in [0.25, 0.3) is 0 Å². The molecule has 0 bridgehead atoms. The first kappa shape index (κ1) is 13.9. The lowest BCUT2D eigenvalue weighted by molar-refractivity contribution is 0.224. The van der Waals surface area contributed by atoms with Crippen LogP contribution in [0, 0.1) is 0 Å². The Morgan fingerprint density at radius 1 is 1.06 bits per heavy atom. The van der Waals surface area contributed by atoms with E-state index >= 15 is 0 Å². The summed E-state index contributed by atoms with van der Waals surface area (Å²) >= 11 is 0. The zero-order valence-corrected chi connectivity index (χ0v) is 11.1. The topological polar surface area (TPSA) is 49.4 Å². The minimum absolute atomic E-state index is 0.582. The Labute approximate surface area is 99.5 Å². The highest BCUT2D eigenvalue weighted by atomic mass is 32.2. The van der Waals surface area contributed by atoms with Gasteiger partial charge in [-0.05, 0) is 45.3 Å². The predicted molar refractivity (Wildman–Crippen MR) is 67.0 cm³/mol. The average Bonchev–Trinajstić information content (AvgIpc) is 2.23. The minimum atomic E-state index is -2.99. The minimum Gasteiger partial charge on any atom is -0.303 e. The largest absolute Gasteiger partial charge is 0.303 e. The van der Waals surface area contributed by atoms with Crippen molar-refractivity contribution >= 4 is 10.0 Å². The summed E-state index contributed by atoms with van der Waals surface area (Å²) in [6, 6.07) is 0. The Bertz CT molecular complexity index is 272. The molecule has 0 aromatic rings. The molecule has 0 radical (unpaired) electrons. The van der Waals surface area contributed by atoms with Crippen LogP contribution in [0.15, 0.2) is 0 Å². The van der Waals surface area contributed by atoms with E-state index in [0.29, 0.717) is 6.54 Å². The van der Waals surface area contributed by atoms with Gasteiger partial charge in [-0.25, -0.2) is 13.1 Å². The van der Waals surface area contributed by atoms with Crippen LogP contribution in [0.25, 0.3) is 0 Å². The first-order valence-corrected chi connectivity index (χ1v) is 8.14. The lowest BCUT2D eigenvalue weighted by Crippen LogP contribution is -2.30. The van der Waals surface area contributed by atoms with Gasteiger partial charge in [-0.3, -0.25) is 0 Å². The summed E-state index contributed by atoms with van der Waals surface area (Å²) in [6.45, 7) is 4.26. The van der Waals surface area contributed by atoms with Gasteiger partial charge in [-0.1, -0.05) is 12.8 Å². The number of hydrogen-bond acceptors (Lipinski definition) is 3. The third-order valence-electron chi connectivity index (χ3n) is 2.96. The maximum atomic E-state index is 10.8. The zero-order chi connectivity index (χ0) is 11.9. The van der Waals surface area contributed by atoms with Crippen molar-refractivity contribution in [3.8, 4) is 0 Å². The number of nitrogens with one attached hydrogen (secondary N) is 1. The fourth-order valence-electron chi connectivity index (χ4n) is 2.08. The van der Waals surface area contributed by atoms with Gasteiger partial charge in [0.2, 0.25) is 10.0 Å². The molecule has 4 nitrogen and oxygen atoms in total. The number of rotatable bonds is 7. The van der Waals surface area contributed by atoms with E-state index in [4.69, 9.17) is 0 Å². The van der Waals surface area contributed by atoms with E-state index < -0.39 is 10.0 Å². The highest BCUT2D eigenvalue weighted by Crippen LogP contribution is 2.09. The molecule has 0 unspecified atom stereocenters. The number of likely N-dealkylation sites (tertiary alicyclic amines) is 1. The second-order valence-corrected chi connectivity index (χ2v) is 6.46. The van der Waals surface area contributed by atoms with Crippen molar-refractivity contribution in [2.45, 2.75) is 38.5 Å². The summed E-state index contributed by atoms with van der Waals surface area (Å²) < 4.78 is 24.1. The van der Waals surface area contributed by atoms with E-state index in [1.165, 1.54) is 51.6 Å². The second-order valence-electron chi connectivity index (χ2n) is 4.63. The Kier molecular flexibility index (Phi) is 6.31. The smallest absolute Gasteiger partial charge is 0.208 e. The molecular weight excluding hydrogens is 224 g/mol. The van der Waals surface area contributed by atoms with Gasteiger partial charge in [-0.2, -0.15) is 0 Å². The van der Waals surface area contributed by atoms with Crippen molar-refractivity contribution in [3.63, 3.8) is 0 Å². The summed E-state index contributed by atoms with van der Waals surface area (Å²) in [5.41, 5.74) is 0. The van der Waals surface area contributed by atoms with Crippen molar-refractivity contribution in [1.29, 1.82) is 0 Å². The molecule has 1 heterocycles. The average molecular weight is 248 g/mol. The Morgan fingerprint density at radius 3 is 2.38 bits per heavy atom. The highest BCUT2D eigenvalue weighted by Gasteiger charge is 2.08. The number of piperidine rings is 1. The lowest BCUT2D eigenvalue weighted by Gasteiger charge is -2.26. The summed E-state index contributed by atoms with van der Waals surface area (Å²) in [7, 11) is -2.99. The van der Waals surface area contributed by atoms with Gasteiger partial charge in [0.15, 0.2) is 0 Å². The van der Waals surface area contributed by atoms with Crippen LogP contribution < -0.4 is 4.72 Å².